The van der Waals surface area contributed by atoms with Crippen molar-refractivity contribution >= 4 is 5.69 Å². The zero-order valence-electron chi connectivity index (χ0n) is 8.14. The lowest BCUT2D eigenvalue weighted by Crippen LogP contribution is -2.15. The van der Waals surface area contributed by atoms with Crippen LogP contribution in [0.5, 0.6) is 11.5 Å². The van der Waals surface area contributed by atoms with Crippen molar-refractivity contribution in [1.82, 2.24) is 0 Å². The highest BCUT2D eigenvalue weighted by Gasteiger charge is 2.34. The maximum atomic E-state index is 8.73. The first-order chi connectivity index (χ1) is 7.38. The van der Waals surface area contributed by atoms with E-state index in [0.29, 0.717) is 13.2 Å². The molecule has 4 heteroatoms. The lowest BCUT2D eigenvalue weighted by Gasteiger charge is -2.19. The fourth-order valence-corrected chi connectivity index (χ4v) is 1.75. The molecule has 0 amide bonds. The molecule has 0 radical (unpaired) electrons. The van der Waals surface area contributed by atoms with Crippen LogP contribution in [-0.2, 0) is 0 Å². The van der Waals surface area contributed by atoms with Crippen molar-refractivity contribution in [1.29, 1.82) is 5.26 Å². The van der Waals surface area contributed by atoms with Gasteiger partial charge in [0.2, 0.25) is 0 Å². The van der Waals surface area contributed by atoms with Gasteiger partial charge in [-0.25, -0.2) is 0 Å². The lowest BCUT2D eigenvalue weighted by molar-refractivity contribution is 0.171. The molecule has 0 bridgehead atoms. The highest BCUT2D eigenvalue weighted by Crippen LogP contribution is 2.37. The van der Waals surface area contributed by atoms with Gasteiger partial charge in [0.1, 0.15) is 19.3 Å². The van der Waals surface area contributed by atoms with E-state index in [9.17, 15) is 0 Å². The molecule has 2 aliphatic heterocycles. The molecule has 1 unspecified atom stereocenters. The number of nitrogens with zero attached hydrogens (tertiary/aromatic N) is 2. The Bertz CT molecular complexity index is 439. The molecule has 76 valence electrons. The minimum atomic E-state index is 0.0348. The van der Waals surface area contributed by atoms with Crippen molar-refractivity contribution in [3.63, 3.8) is 0 Å². The van der Waals surface area contributed by atoms with Crippen LogP contribution in [0.1, 0.15) is 0 Å². The van der Waals surface area contributed by atoms with Gasteiger partial charge in [-0.05, 0) is 12.1 Å². The van der Waals surface area contributed by atoms with Crippen LogP contribution < -0.4 is 14.4 Å². The summed E-state index contributed by atoms with van der Waals surface area (Å²) in [7, 11) is 0. The van der Waals surface area contributed by atoms with Crippen LogP contribution >= 0.6 is 0 Å². The summed E-state index contributed by atoms with van der Waals surface area (Å²) in [6, 6.07) is 8.06. The van der Waals surface area contributed by atoms with E-state index in [4.69, 9.17) is 14.7 Å². The Morgan fingerprint density at radius 2 is 2.07 bits per heavy atom. The number of nitriles is 1. The van der Waals surface area contributed by atoms with Crippen LogP contribution in [0.4, 0.5) is 5.69 Å². The summed E-state index contributed by atoms with van der Waals surface area (Å²) in [5, 5.41) is 8.73. The second-order valence-electron chi connectivity index (χ2n) is 3.63. The minimum absolute atomic E-state index is 0.0348. The molecule has 0 aromatic heterocycles. The first-order valence-electron chi connectivity index (χ1n) is 4.94. The Morgan fingerprint density at radius 1 is 1.27 bits per heavy atom. The summed E-state index contributed by atoms with van der Waals surface area (Å²) in [6.07, 6.45) is 0. The maximum absolute atomic E-state index is 8.73. The van der Waals surface area contributed by atoms with Gasteiger partial charge in [-0.1, -0.05) is 0 Å². The van der Waals surface area contributed by atoms with Gasteiger partial charge in [0.15, 0.2) is 11.5 Å². The van der Waals surface area contributed by atoms with Gasteiger partial charge in [-0.15, -0.1) is 0 Å². The molecule has 3 rings (SSSR count). The third-order valence-electron chi connectivity index (χ3n) is 2.62. The Balaban J connectivity index is 1.89. The summed E-state index contributed by atoms with van der Waals surface area (Å²) in [4.78, 5) is 2.03. The summed E-state index contributed by atoms with van der Waals surface area (Å²) < 4.78 is 10.9. The minimum Gasteiger partial charge on any atom is -0.486 e. The van der Waals surface area contributed by atoms with E-state index in [1.807, 2.05) is 23.1 Å². The molecule has 4 nitrogen and oxygen atoms in total. The van der Waals surface area contributed by atoms with Gasteiger partial charge in [0, 0.05) is 11.8 Å². The molecular formula is C11H10N2O2. The molecule has 1 atom stereocenters. The fraction of sp³-hybridized carbons (Fsp3) is 0.364. The van der Waals surface area contributed by atoms with Gasteiger partial charge in [-0.2, -0.15) is 5.26 Å². The number of hydrogen-bond donors (Lipinski definition) is 0. The SMILES string of the molecule is N#CC1CN1c1ccc2c(c1)OCCO2. The Kier molecular flexibility index (Phi) is 1.72. The molecule has 2 heterocycles. The second kappa shape index (κ2) is 3.06. The quantitative estimate of drug-likeness (QED) is 0.641. The monoisotopic (exact) mass is 202 g/mol. The standard InChI is InChI=1S/C11H10N2O2/c12-6-9-7-13(9)8-1-2-10-11(5-8)15-4-3-14-10/h1-2,5,9H,3-4,7H2. The predicted octanol–water partition coefficient (Wildman–Crippen LogP) is 1.17. The fourth-order valence-electron chi connectivity index (χ4n) is 1.75. The van der Waals surface area contributed by atoms with Gasteiger partial charge in [0.05, 0.1) is 12.6 Å². The number of ether oxygens (including phenoxy) is 2. The van der Waals surface area contributed by atoms with Crippen molar-refractivity contribution < 1.29 is 9.47 Å². The van der Waals surface area contributed by atoms with E-state index in [0.717, 1.165) is 23.7 Å². The van der Waals surface area contributed by atoms with Crippen LogP contribution in [-0.4, -0.2) is 25.8 Å². The Hall–Kier alpha value is -1.89. The van der Waals surface area contributed by atoms with E-state index in [1.165, 1.54) is 0 Å². The average Bonchev–Trinajstić information content (AvgIpc) is 3.08. The van der Waals surface area contributed by atoms with Crippen molar-refractivity contribution in [2.45, 2.75) is 6.04 Å². The van der Waals surface area contributed by atoms with Gasteiger partial charge < -0.3 is 14.4 Å². The molecule has 15 heavy (non-hydrogen) atoms. The zero-order chi connectivity index (χ0) is 10.3. The van der Waals surface area contributed by atoms with Crippen LogP contribution in [0.25, 0.3) is 0 Å². The molecule has 0 spiro atoms. The molecule has 0 N–H and O–H groups in total. The number of rotatable bonds is 1. The zero-order valence-corrected chi connectivity index (χ0v) is 8.14. The predicted molar refractivity (Wildman–Crippen MR) is 54.2 cm³/mol. The van der Waals surface area contributed by atoms with Crippen molar-refractivity contribution in [3.05, 3.63) is 18.2 Å². The molecule has 1 fully saturated rings. The maximum Gasteiger partial charge on any atom is 0.163 e. The third-order valence-corrected chi connectivity index (χ3v) is 2.62. The largest absolute Gasteiger partial charge is 0.486 e. The number of anilines is 1. The Labute approximate surface area is 87.6 Å². The van der Waals surface area contributed by atoms with E-state index >= 15 is 0 Å². The number of hydrogen-bond acceptors (Lipinski definition) is 4. The second-order valence-corrected chi connectivity index (χ2v) is 3.63. The number of fused-ring (bicyclic) bond motifs is 1. The molecule has 1 saturated heterocycles. The van der Waals surface area contributed by atoms with E-state index in [-0.39, 0.29) is 6.04 Å². The first-order valence-corrected chi connectivity index (χ1v) is 4.94. The normalized spacial score (nSPS) is 22.1. The van der Waals surface area contributed by atoms with Crippen LogP contribution in [0, 0.1) is 11.3 Å². The highest BCUT2D eigenvalue weighted by atomic mass is 16.6. The molecule has 0 aliphatic carbocycles. The lowest BCUT2D eigenvalue weighted by atomic mass is 10.2. The van der Waals surface area contributed by atoms with Crippen molar-refractivity contribution in [3.8, 4) is 17.6 Å². The Morgan fingerprint density at radius 3 is 2.80 bits per heavy atom. The molecule has 2 aliphatic rings. The average molecular weight is 202 g/mol. The molecule has 0 saturated carbocycles. The van der Waals surface area contributed by atoms with E-state index in [2.05, 4.69) is 6.07 Å². The third kappa shape index (κ3) is 1.37. The molecular weight excluding hydrogens is 192 g/mol. The summed E-state index contributed by atoms with van der Waals surface area (Å²) in [6.45, 7) is 2.02. The summed E-state index contributed by atoms with van der Waals surface area (Å²) in [5.41, 5.74) is 1.03. The topological polar surface area (TPSA) is 45.3 Å². The van der Waals surface area contributed by atoms with Crippen molar-refractivity contribution in [2.24, 2.45) is 0 Å². The molecule has 1 aromatic carbocycles. The number of benzene rings is 1. The summed E-state index contributed by atoms with van der Waals surface area (Å²) >= 11 is 0. The van der Waals surface area contributed by atoms with Crippen molar-refractivity contribution in [2.75, 3.05) is 24.7 Å². The molecule has 1 aromatic rings. The van der Waals surface area contributed by atoms with Crippen LogP contribution in [0.2, 0.25) is 0 Å². The first kappa shape index (κ1) is 8.42. The van der Waals surface area contributed by atoms with Gasteiger partial charge in [0.25, 0.3) is 0 Å². The van der Waals surface area contributed by atoms with Gasteiger partial charge >= 0.3 is 0 Å². The summed E-state index contributed by atoms with van der Waals surface area (Å²) in [5.74, 6) is 1.57. The van der Waals surface area contributed by atoms with Gasteiger partial charge in [-0.3, -0.25) is 0 Å². The van der Waals surface area contributed by atoms with E-state index < -0.39 is 0 Å². The van der Waals surface area contributed by atoms with Crippen LogP contribution in [0.15, 0.2) is 18.2 Å². The smallest absolute Gasteiger partial charge is 0.163 e. The van der Waals surface area contributed by atoms with Crippen LogP contribution in [0.3, 0.4) is 0 Å². The highest BCUT2D eigenvalue weighted by molar-refractivity contribution is 5.62. The van der Waals surface area contributed by atoms with E-state index in [1.54, 1.807) is 0 Å².